The Balaban J connectivity index is 2.73. The van der Waals surface area contributed by atoms with Crippen LogP contribution in [0.4, 0.5) is 0 Å². The fraction of sp³-hybridized carbons (Fsp3) is 0. The highest BCUT2D eigenvalue weighted by Gasteiger charge is 2.32. The highest BCUT2D eigenvalue weighted by Crippen LogP contribution is 2.21. The van der Waals surface area contributed by atoms with Gasteiger partial charge in [0, 0.05) is 6.20 Å². The van der Waals surface area contributed by atoms with Gasteiger partial charge < -0.3 is 10.2 Å². The van der Waals surface area contributed by atoms with E-state index in [2.05, 4.69) is 4.98 Å². The van der Waals surface area contributed by atoms with Gasteiger partial charge in [-0.2, -0.15) is 0 Å². The van der Waals surface area contributed by atoms with E-state index in [1.54, 1.807) is 0 Å². The number of fused-ring (bicyclic) bond motifs is 1. The van der Waals surface area contributed by atoms with Crippen LogP contribution in [-0.4, -0.2) is 26.8 Å². The molecule has 5 nitrogen and oxygen atoms in total. The summed E-state index contributed by atoms with van der Waals surface area (Å²) < 4.78 is 0. The number of carbonyl (C=O) groups is 2. The highest BCUT2D eigenvalue weighted by atomic mass is 16.3. The van der Waals surface area contributed by atoms with Crippen LogP contribution in [0.5, 0.6) is 0 Å². The van der Waals surface area contributed by atoms with E-state index in [0.29, 0.717) is 0 Å². The van der Waals surface area contributed by atoms with E-state index in [0.717, 1.165) is 0 Å². The minimum absolute atomic E-state index is 0.00722. The molecule has 2 rings (SSSR count). The number of pyridine rings is 1. The second-order valence-corrected chi connectivity index (χ2v) is 2.76. The van der Waals surface area contributed by atoms with Crippen molar-refractivity contribution in [1.29, 1.82) is 0 Å². The predicted molar refractivity (Wildman–Crippen MR) is 45.2 cm³/mol. The van der Waals surface area contributed by atoms with E-state index in [9.17, 15) is 9.59 Å². The molecule has 0 atom stereocenters. The van der Waals surface area contributed by atoms with Crippen LogP contribution in [0.1, 0.15) is 20.8 Å². The number of aliphatic hydroxyl groups excluding tert-OH is 2. The molecule has 0 saturated heterocycles. The Kier molecular flexibility index (Phi) is 1.60. The first-order chi connectivity index (χ1) is 6.63. The van der Waals surface area contributed by atoms with Crippen LogP contribution in [0.2, 0.25) is 0 Å². The van der Waals surface area contributed by atoms with E-state index in [-0.39, 0.29) is 11.3 Å². The molecule has 1 heterocycles. The maximum absolute atomic E-state index is 11.3. The normalized spacial score (nSPS) is 15.7. The number of hydrogen-bond donors (Lipinski definition) is 2. The van der Waals surface area contributed by atoms with Crippen molar-refractivity contribution in [3.05, 3.63) is 41.1 Å². The van der Waals surface area contributed by atoms with Crippen molar-refractivity contribution in [2.45, 2.75) is 0 Å². The molecule has 1 aromatic rings. The summed E-state index contributed by atoms with van der Waals surface area (Å²) in [6, 6.07) is 2.84. The van der Waals surface area contributed by atoms with Crippen LogP contribution in [0.25, 0.3) is 0 Å². The number of nitrogens with zero attached hydrogens (tertiary/aromatic N) is 1. The molecule has 14 heavy (non-hydrogen) atoms. The fourth-order valence-corrected chi connectivity index (χ4v) is 1.22. The fourth-order valence-electron chi connectivity index (χ4n) is 1.22. The van der Waals surface area contributed by atoms with Crippen LogP contribution >= 0.6 is 0 Å². The molecule has 1 aliphatic rings. The molecule has 0 spiro atoms. The van der Waals surface area contributed by atoms with E-state index >= 15 is 0 Å². The second kappa shape index (κ2) is 2.66. The standard InChI is InChI=1S/C9H5NO4/c11-6-4-2-1-3-10-5(4)7(12)9(14)8(6)13/h1-3,13-14H. The third kappa shape index (κ3) is 0.922. The maximum atomic E-state index is 11.3. The number of ketones is 2. The Labute approximate surface area is 78.3 Å². The van der Waals surface area contributed by atoms with Gasteiger partial charge in [0.15, 0.2) is 0 Å². The number of rotatable bonds is 0. The lowest BCUT2D eigenvalue weighted by Gasteiger charge is -2.11. The monoisotopic (exact) mass is 191 g/mol. The van der Waals surface area contributed by atoms with Gasteiger partial charge in [-0.1, -0.05) is 0 Å². The third-order valence-corrected chi connectivity index (χ3v) is 1.92. The molecule has 0 fully saturated rings. The third-order valence-electron chi connectivity index (χ3n) is 1.92. The number of allylic oxidation sites excluding steroid dienone is 2. The van der Waals surface area contributed by atoms with E-state index in [1.165, 1.54) is 18.3 Å². The van der Waals surface area contributed by atoms with Crippen LogP contribution < -0.4 is 0 Å². The highest BCUT2D eigenvalue weighted by molar-refractivity contribution is 6.24. The minimum Gasteiger partial charge on any atom is -0.501 e. The Morgan fingerprint density at radius 2 is 1.71 bits per heavy atom. The molecular weight excluding hydrogens is 186 g/mol. The summed E-state index contributed by atoms with van der Waals surface area (Å²) in [5.74, 6) is -3.49. The van der Waals surface area contributed by atoms with Gasteiger partial charge in [0.05, 0.1) is 5.56 Å². The average molecular weight is 191 g/mol. The summed E-state index contributed by atoms with van der Waals surface area (Å²) in [5, 5.41) is 18.2. The van der Waals surface area contributed by atoms with Gasteiger partial charge in [-0.25, -0.2) is 0 Å². The van der Waals surface area contributed by atoms with Gasteiger partial charge in [0.1, 0.15) is 5.69 Å². The molecule has 5 heteroatoms. The number of aromatic nitrogens is 1. The lowest BCUT2D eigenvalue weighted by molar-refractivity contribution is 0.0877. The van der Waals surface area contributed by atoms with Gasteiger partial charge in [0.2, 0.25) is 23.1 Å². The Bertz CT molecular complexity index is 432. The first kappa shape index (κ1) is 8.43. The number of Topliss-reactive ketones (excluding diaryl/α,β-unsaturated/α-hetero) is 2. The zero-order valence-electron chi connectivity index (χ0n) is 6.89. The Hall–Kier alpha value is -2.17. The Morgan fingerprint density at radius 3 is 2.43 bits per heavy atom. The number of carbonyl (C=O) groups excluding carboxylic acids is 2. The Morgan fingerprint density at radius 1 is 1.07 bits per heavy atom. The van der Waals surface area contributed by atoms with Crippen LogP contribution in [0.15, 0.2) is 29.8 Å². The molecular formula is C9H5NO4. The maximum Gasteiger partial charge on any atom is 0.250 e. The van der Waals surface area contributed by atoms with Crippen molar-refractivity contribution in [2.75, 3.05) is 0 Å². The summed E-state index contributed by atoms with van der Waals surface area (Å²) in [6.45, 7) is 0. The molecule has 0 bridgehead atoms. The molecule has 2 N–H and O–H groups in total. The molecule has 0 aliphatic heterocycles. The van der Waals surface area contributed by atoms with Crippen LogP contribution in [0, 0.1) is 0 Å². The second-order valence-electron chi connectivity index (χ2n) is 2.76. The van der Waals surface area contributed by atoms with Crippen molar-refractivity contribution < 1.29 is 19.8 Å². The van der Waals surface area contributed by atoms with Gasteiger partial charge in [-0.3, -0.25) is 14.6 Å². The summed E-state index contributed by atoms with van der Waals surface area (Å²) in [7, 11) is 0. The first-order valence-corrected chi connectivity index (χ1v) is 3.79. The van der Waals surface area contributed by atoms with Gasteiger partial charge in [-0.15, -0.1) is 0 Å². The zero-order chi connectivity index (χ0) is 10.3. The van der Waals surface area contributed by atoms with Crippen molar-refractivity contribution in [3.8, 4) is 0 Å². The number of hydrogen-bond acceptors (Lipinski definition) is 5. The predicted octanol–water partition coefficient (Wildman–Crippen LogP) is 0.788. The molecule has 0 amide bonds. The molecule has 1 aliphatic carbocycles. The van der Waals surface area contributed by atoms with Crippen molar-refractivity contribution in [3.63, 3.8) is 0 Å². The first-order valence-electron chi connectivity index (χ1n) is 3.79. The van der Waals surface area contributed by atoms with Gasteiger partial charge in [-0.05, 0) is 12.1 Å². The summed E-state index contributed by atoms with van der Waals surface area (Å²) in [6.07, 6.45) is 1.33. The molecule has 0 radical (unpaired) electrons. The van der Waals surface area contributed by atoms with Crippen molar-refractivity contribution >= 4 is 11.6 Å². The van der Waals surface area contributed by atoms with E-state index in [4.69, 9.17) is 10.2 Å². The van der Waals surface area contributed by atoms with Crippen molar-refractivity contribution in [2.24, 2.45) is 0 Å². The van der Waals surface area contributed by atoms with E-state index < -0.39 is 23.1 Å². The molecule has 1 aromatic heterocycles. The quantitative estimate of drug-likeness (QED) is 0.632. The average Bonchev–Trinajstić information content (AvgIpc) is 2.23. The van der Waals surface area contributed by atoms with E-state index in [1.807, 2.05) is 0 Å². The van der Waals surface area contributed by atoms with Crippen molar-refractivity contribution in [1.82, 2.24) is 4.98 Å². The lowest BCUT2D eigenvalue weighted by Crippen LogP contribution is -2.22. The molecule has 0 aromatic carbocycles. The summed E-state index contributed by atoms with van der Waals surface area (Å²) in [5.41, 5.74) is -0.124. The zero-order valence-corrected chi connectivity index (χ0v) is 6.89. The van der Waals surface area contributed by atoms with Gasteiger partial charge >= 0.3 is 0 Å². The SMILES string of the molecule is O=C1C(O)=C(O)C(=O)c2ncccc21. The summed E-state index contributed by atoms with van der Waals surface area (Å²) in [4.78, 5) is 26.3. The molecule has 0 unspecified atom stereocenters. The van der Waals surface area contributed by atoms with Crippen LogP contribution in [0.3, 0.4) is 0 Å². The summed E-state index contributed by atoms with van der Waals surface area (Å²) >= 11 is 0. The largest absolute Gasteiger partial charge is 0.501 e. The van der Waals surface area contributed by atoms with Crippen LogP contribution in [-0.2, 0) is 0 Å². The topological polar surface area (TPSA) is 87.5 Å². The van der Waals surface area contributed by atoms with Gasteiger partial charge in [0.25, 0.3) is 0 Å². The molecule has 0 saturated carbocycles. The lowest BCUT2D eigenvalue weighted by atomic mass is 9.97. The minimum atomic E-state index is -0.943. The smallest absolute Gasteiger partial charge is 0.250 e. The molecule has 70 valence electrons. The number of aliphatic hydroxyl groups is 2.